The van der Waals surface area contributed by atoms with E-state index in [1.165, 1.54) is 11.8 Å². The van der Waals surface area contributed by atoms with E-state index in [-0.39, 0.29) is 29.5 Å². The summed E-state index contributed by atoms with van der Waals surface area (Å²) in [7, 11) is 1.84. The molecule has 9 nitrogen and oxygen atoms in total. The fourth-order valence-electron chi connectivity index (χ4n) is 3.73. The van der Waals surface area contributed by atoms with Crippen LogP contribution in [0, 0.1) is 12.8 Å². The molecule has 200 valence electrons. The Balaban J connectivity index is 1.33. The minimum atomic E-state index is -0.336. The van der Waals surface area contributed by atoms with E-state index in [2.05, 4.69) is 31.1 Å². The molecule has 0 bridgehead atoms. The molecule has 4 rings (SSSR count). The number of azo groups is 1. The number of nitrogens with one attached hydrogen (secondary N) is 2. The molecule has 1 atom stereocenters. The van der Waals surface area contributed by atoms with Gasteiger partial charge in [-0.3, -0.25) is 9.59 Å². The first kappa shape index (κ1) is 27.7. The van der Waals surface area contributed by atoms with Gasteiger partial charge in [-0.2, -0.15) is 10.2 Å². The summed E-state index contributed by atoms with van der Waals surface area (Å²) in [5.74, 6) is 0.533. The van der Waals surface area contributed by atoms with Gasteiger partial charge in [0.25, 0.3) is 5.91 Å². The van der Waals surface area contributed by atoms with Crippen LogP contribution < -0.4 is 10.6 Å². The topological polar surface area (TPSA) is 114 Å². The zero-order valence-corrected chi connectivity index (χ0v) is 23.1. The van der Waals surface area contributed by atoms with Gasteiger partial charge in [0, 0.05) is 18.3 Å². The standard InChI is InChI=1S/C29H31N7O2S/c1-19(2)26(31-28(38)21-12-10-20(3)11-13-21)27-34-35-29(36(27)4)39-18-25(37)30-22-14-16-24(17-15-22)33-32-23-8-6-5-7-9-23/h5-17,19,26H,18H2,1-4H3,(H,30,37)(H,31,38)/t26-/m1/s1. The van der Waals surface area contributed by atoms with E-state index >= 15 is 0 Å². The average molecular weight is 542 g/mol. The molecule has 1 aromatic heterocycles. The van der Waals surface area contributed by atoms with Crippen molar-refractivity contribution in [3.63, 3.8) is 0 Å². The van der Waals surface area contributed by atoms with E-state index in [9.17, 15) is 9.59 Å². The Morgan fingerprint density at radius 2 is 1.54 bits per heavy atom. The van der Waals surface area contributed by atoms with Gasteiger partial charge in [0.05, 0.1) is 23.2 Å². The number of carbonyl (C=O) groups excluding carboxylic acids is 2. The number of hydrogen-bond acceptors (Lipinski definition) is 7. The molecule has 0 saturated heterocycles. The lowest BCUT2D eigenvalue weighted by atomic mass is 10.0. The fourth-order valence-corrected chi connectivity index (χ4v) is 4.45. The predicted octanol–water partition coefficient (Wildman–Crippen LogP) is 6.40. The quantitative estimate of drug-likeness (QED) is 0.178. The zero-order valence-electron chi connectivity index (χ0n) is 22.3. The van der Waals surface area contributed by atoms with Crippen LogP contribution in [0.2, 0.25) is 0 Å². The second kappa shape index (κ2) is 13.0. The number of aryl methyl sites for hydroxylation is 1. The summed E-state index contributed by atoms with van der Waals surface area (Å²) in [4.78, 5) is 25.4. The Kier molecular flexibility index (Phi) is 9.22. The van der Waals surface area contributed by atoms with Crippen LogP contribution in [0.3, 0.4) is 0 Å². The number of thioether (sulfide) groups is 1. The molecule has 2 amide bonds. The number of aromatic nitrogens is 3. The van der Waals surface area contributed by atoms with Crippen LogP contribution in [0.5, 0.6) is 0 Å². The zero-order chi connectivity index (χ0) is 27.8. The van der Waals surface area contributed by atoms with Gasteiger partial charge >= 0.3 is 0 Å². The van der Waals surface area contributed by atoms with Crippen LogP contribution in [-0.4, -0.2) is 32.3 Å². The van der Waals surface area contributed by atoms with Crippen molar-refractivity contribution >= 4 is 40.6 Å². The van der Waals surface area contributed by atoms with Crippen molar-refractivity contribution in [2.24, 2.45) is 23.2 Å². The highest BCUT2D eigenvalue weighted by molar-refractivity contribution is 7.99. The highest BCUT2D eigenvalue weighted by atomic mass is 32.2. The van der Waals surface area contributed by atoms with Crippen LogP contribution in [0.25, 0.3) is 0 Å². The number of rotatable bonds is 10. The molecular formula is C29H31N7O2S. The first-order chi connectivity index (χ1) is 18.8. The highest BCUT2D eigenvalue weighted by Crippen LogP contribution is 2.25. The van der Waals surface area contributed by atoms with Gasteiger partial charge < -0.3 is 15.2 Å². The second-order valence-electron chi connectivity index (χ2n) is 9.38. The van der Waals surface area contributed by atoms with Crippen LogP contribution in [0.4, 0.5) is 17.1 Å². The third kappa shape index (κ3) is 7.61. The van der Waals surface area contributed by atoms with E-state index in [1.54, 1.807) is 36.4 Å². The van der Waals surface area contributed by atoms with Gasteiger partial charge in [-0.05, 0) is 61.4 Å². The minimum absolute atomic E-state index is 0.0821. The lowest BCUT2D eigenvalue weighted by Gasteiger charge is -2.21. The third-order valence-electron chi connectivity index (χ3n) is 5.93. The number of amides is 2. The fraction of sp³-hybridized carbons (Fsp3) is 0.241. The van der Waals surface area contributed by atoms with Crippen molar-refractivity contribution in [1.82, 2.24) is 20.1 Å². The first-order valence-electron chi connectivity index (χ1n) is 12.6. The Bertz CT molecular complexity index is 1430. The molecule has 10 heteroatoms. The van der Waals surface area contributed by atoms with Crippen molar-refractivity contribution in [1.29, 1.82) is 0 Å². The SMILES string of the molecule is Cc1ccc(C(=O)N[C@@H](c2nnc(SCC(=O)Nc3ccc(N=Nc4ccccc4)cc3)n2C)C(C)C)cc1. The van der Waals surface area contributed by atoms with Crippen LogP contribution >= 0.6 is 11.8 Å². The number of anilines is 1. The summed E-state index contributed by atoms with van der Waals surface area (Å²) in [6, 6.07) is 23.7. The molecule has 0 fully saturated rings. The van der Waals surface area contributed by atoms with E-state index in [0.717, 1.165) is 11.3 Å². The molecule has 3 aromatic carbocycles. The molecule has 0 spiro atoms. The summed E-state index contributed by atoms with van der Waals surface area (Å²) >= 11 is 1.28. The molecule has 0 saturated carbocycles. The van der Waals surface area contributed by atoms with Crippen LogP contribution in [0.1, 0.15) is 41.6 Å². The van der Waals surface area contributed by atoms with Crippen molar-refractivity contribution in [2.45, 2.75) is 32.0 Å². The smallest absolute Gasteiger partial charge is 0.251 e. The summed E-state index contributed by atoms with van der Waals surface area (Å²) in [5.41, 5.74) is 3.80. The molecule has 39 heavy (non-hydrogen) atoms. The Morgan fingerprint density at radius 1 is 0.897 bits per heavy atom. The van der Waals surface area contributed by atoms with Crippen molar-refractivity contribution in [3.05, 3.63) is 95.8 Å². The number of nitrogens with zero attached hydrogens (tertiary/aromatic N) is 5. The van der Waals surface area contributed by atoms with E-state index < -0.39 is 0 Å². The first-order valence-corrected chi connectivity index (χ1v) is 13.5. The third-order valence-corrected chi connectivity index (χ3v) is 6.95. The summed E-state index contributed by atoms with van der Waals surface area (Å²) < 4.78 is 1.82. The Hall–Kier alpha value is -4.31. The molecule has 0 unspecified atom stereocenters. The van der Waals surface area contributed by atoms with Gasteiger partial charge in [0.2, 0.25) is 5.91 Å². The van der Waals surface area contributed by atoms with Gasteiger partial charge in [0.15, 0.2) is 11.0 Å². The molecule has 0 aliphatic heterocycles. The average Bonchev–Trinajstić information content (AvgIpc) is 3.30. The minimum Gasteiger partial charge on any atom is -0.342 e. The van der Waals surface area contributed by atoms with Crippen LogP contribution in [0.15, 0.2) is 94.2 Å². The number of hydrogen-bond donors (Lipinski definition) is 2. The largest absolute Gasteiger partial charge is 0.342 e. The highest BCUT2D eigenvalue weighted by Gasteiger charge is 2.25. The lowest BCUT2D eigenvalue weighted by molar-refractivity contribution is -0.113. The Morgan fingerprint density at radius 3 is 2.18 bits per heavy atom. The van der Waals surface area contributed by atoms with Crippen molar-refractivity contribution in [3.8, 4) is 0 Å². The molecule has 0 aliphatic carbocycles. The normalized spacial score (nSPS) is 12.0. The Labute approximate surface area is 232 Å². The van der Waals surface area contributed by atoms with Crippen LogP contribution in [-0.2, 0) is 11.8 Å². The maximum absolute atomic E-state index is 12.8. The summed E-state index contributed by atoms with van der Waals surface area (Å²) in [5, 5.41) is 23.6. The number of carbonyl (C=O) groups is 2. The molecule has 2 N–H and O–H groups in total. The van der Waals surface area contributed by atoms with Crippen molar-refractivity contribution in [2.75, 3.05) is 11.1 Å². The molecule has 1 heterocycles. The lowest BCUT2D eigenvalue weighted by Crippen LogP contribution is -2.33. The summed E-state index contributed by atoms with van der Waals surface area (Å²) in [6.45, 7) is 6.01. The maximum Gasteiger partial charge on any atom is 0.251 e. The number of benzene rings is 3. The second-order valence-corrected chi connectivity index (χ2v) is 10.3. The predicted molar refractivity (Wildman–Crippen MR) is 154 cm³/mol. The van der Waals surface area contributed by atoms with E-state index in [4.69, 9.17) is 0 Å². The van der Waals surface area contributed by atoms with Gasteiger partial charge in [-0.15, -0.1) is 10.2 Å². The monoisotopic (exact) mass is 541 g/mol. The van der Waals surface area contributed by atoms with E-state index in [1.807, 2.05) is 74.9 Å². The molecule has 0 radical (unpaired) electrons. The van der Waals surface area contributed by atoms with Gasteiger partial charge in [-0.1, -0.05) is 61.5 Å². The molecule has 4 aromatic rings. The maximum atomic E-state index is 12.8. The molecular weight excluding hydrogens is 510 g/mol. The van der Waals surface area contributed by atoms with Gasteiger partial charge in [-0.25, -0.2) is 0 Å². The van der Waals surface area contributed by atoms with Gasteiger partial charge in [0.1, 0.15) is 0 Å². The van der Waals surface area contributed by atoms with E-state index in [0.29, 0.717) is 27.9 Å². The summed E-state index contributed by atoms with van der Waals surface area (Å²) in [6.07, 6.45) is 0. The van der Waals surface area contributed by atoms with Crippen molar-refractivity contribution < 1.29 is 9.59 Å². The molecule has 0 aliphatic rings.